The van der Waals surface area contributed by atoms with Gasteiger partial charge in [0.05, 0.1) is 33.6 Å². The Morgan fingerprint density at radius 1 is 0.964 bits per heavy atom. The predicted octanol–water partition coefficient (Wildman–Crippen LogP) is 2.37. The Kier molecular flexibility index (Phi) is 6.58. The average Bonchev–Trinajstić information content (AvgIpc) is 2.69. The Hall–Kier alpha value is -4.02. The van der Waals surface area contributed by atoms with Crippen LogP contribution >= 0.6 is 0 Å². The summed E-state index contributed by atoms with van der Waals surface area (Å²) in [6.07, 6.45) is 0.734. The second-order valence-corrected chi connectivity index (χ2v) is 5.51. The fourth-order valence-electron chi connectivity index (χ4n) is 2.18. The van der Waals surface area contributed by atoms with Crippen LogP contribution in [-0.2, 0) is 0 Å². The van der Waals surface area contributed by atoms with Crippen molar-refractivity contribution in [3.63, 3.8) is 0 Å². The minimum absolute atomic E-state index is 0.168. The van der Waals surface area contributed by atoms with E-state index >= 15 is 0 Å². The van der Waals surface area contributed by atoms with Crippen molar-refractivity contribution in [3.05, 3.63) is 73.8 Å². The summed E-state index contributed by atoms with van der Waals surface area (Å²) in [5, 5.41) is 21.8. The largest absolute Gasteiger partial charge is 0.493 e. The molecule has 11 heteroatoms. The predicted molar refractivity (Wildman–Crippen MR) is 96.9 cm³/mol. The van der Waals surface area contributed by atoms with E-state index in [1.807, 2.05) is 6.92 Å². The smallest absolute Gasteiger partial charge is 0.277 e. The molecule has 2 N–H and O–H groups in total. The first-order valence-corrected chi connectivity index (χ1v) is 8.10. The Morgan fingerprint density at radius 3 is 2.11 bits per heavy atom. The van der Waals surface area contributed by atoms with E-state index in [-0.39, 0.29) is 11.1 Å². The van der Waals surface area contributed by atoms with Crippen molar-refractivity contribution in [2.75, 3.05) is 6.61 Å². The van der Waals surface area contributed by atoms with Crippen LogP contribution in [0.5, 0.6) is 5.75 Å². The Labute approximate surface area is 158 Å². The molecule has 2 aromatic carbocycles. The number of para-hydroxylation sites is 1. The molecule has 0 spiro atoms. The molecular weight excluding hydrogens is 372 g/mol. The van der Waals surface area contributed by atoms with E-state index < -0.39 is 33.0 Å². The van der Waals surface area contributed by atoms with Gasteiger partial charge in [-0.05, 0) is 18.6 Å². The number of hydrogen-bond donors (Lipinski definition) is 2. The number of benzene rings is 2. The molecule has 0 aliphatic heterocycles. The number of nitro benzene ring substituents is 2. The maximum atomic E-state index is 12.3. The third-order valence-corrected chi connectivity index (χ3v) is 3.47. The summed E-state index contributed by atoms with van der Waals surface area (Å²) in [7, 11) is 0. The van der Waals surface area contributed by atoms with Crippen molar-refractivity contribution in [1.82, 2.24) is 10.9 Å². The lowest BCUT2D eigenvalue weighted by Crippen LogP contribution is -2.41. The number of carbonyl (C=O) groups excluding carboxylic acids is 2. The first kappa shape index (κ1) is 20.3. The lowest BCUT2D eigenvalue weighted by atomic mass is 10.1. The summed E-state index contributed by atoms with van der Waals surface area (Å²) >= 11 is 0. The van der Waals surface area contributed by atoms with Gasteiger partial charge in [0, 0.05) is 12.1 Å². The van der Waals surface area contributed by atoms with Crippen molar-refractivity contribution >= 4 is 23.2 Å². The quantitative estimate of drug-likeness (QED) is 0.545. The molecule has 0 aliphatic carbocycles. The summed E-state index contributed by atoms with van der Waals surface area (Å²) in [4.78, 5) is 44.5. The second-order valence-electron chi connectivity index (χ2n) is 5.51. The Morgan fingerprint density at radius 2 is 1.54 bits per heavy atom. The highest BCUT2D eigenvalue weighted by molar-refractivity contribution is 6.00. The van der Waals surface area contributed by atoms with Gasteiger partial charge in [0.1, 0.15) is 5.75 Å². The summed E-state index contributed by atoms with van der Waals surface area (Å²) in [5.41, 5.74) is 2.80. The second kappa shape index (κ2) is 9.07. The SMILES string of the molecule is CCCOc1ccccc1C(=O)NNC(=O)c1cc([N+](=O)[O-])cc([N+](=O)[O-])c1. The number of nitro groups is 2. The van der Waals surface area contributed by atoms with Crippen LogP contribution in [0, 0.1) is 20.2 Å². The van der Waals surface area contributed by atoms with E-state index in [9.17, 15) is 29.8 Å². The Balaban J connectivity index is 2.15. The zero-order chi connectivity index (χ0) is 20.7. The molecule has 146 valence electrons. The van der Waals surface area contributed by atoms with Gasteiger partial charge in [0.2, 0.25) is 0 Å². The highest BCUT2D eigenvalue weighted by atomic mass is 16.6. The molecular formula is C17H16N4O7. The van der Waals surface area contributed by atoms with Crippen molar-refractivity contribution in [2.45, 2.75) is 13.3 Å². The standard InChI is InChI=1S/C17H16N4O7/c1-2-7-28-15-6-4-3-5-14(15)17(23)19-18-16(22)11-8-12(20(24)25)10-13(9-11)21(26)27/h3-6,8-10H,2,7H2,1H3,(H,18,22)(H,19,23). The normalized spacial score (nSPS) is 10.0. The molecule has 11 nitrogen and oxygen atoms in total. The zero-order valence-corrected chi connectivity index (χ0v) is 14.7. The molecule has 0 bridgehead atoms. The monoisotopic (exact) mass is 388 g/mol. The molecule has 0 saturated carbocycles. The first-order valence-electron chi connectivity index (χ1n) is 8.10. The maximum Gasteiger partial charge on any atom is 0.277 e. The van der Waals surface area contributed by atoms with Gasteiger partial charge in [-0.3, -0.25) is 40.7 Å². The summed E-state index contributed by atoms with van der Waals surface area (Å²) < 4.78 is 5.46. The molecule has 0 fully saturated rings. The molecule has 0 unspecified atom stereocenters. The molecule has 0 saturated heterocycles. The maximum absolute atomic E-state index is 12.3. The number of nitrogens with one attached hydrogen (secondary N) is 2. The van der Waals surface area contributed by atoms with Crippen LogP contribution in [-0.4, -0.2) is 28.3 Å². The highest BCUT2D eigenvalue weighted by Gasteiger charge is 2.20. The number of carbonyl (C=O) groups is 2. The molecule has 2 rings (SSSR count). The van der Waals surface area contributed by atoms with Crippen LogP contribution in [0.2, 0.25) is 0 Å². The lowest BCUT2D eigenvalue weighted by molar-refractivity contribution is -0.394. The molecule has 0 aliphatic rings. The van der Waals surface area contributed by atoms with Gasteiger partial charge in [-0.25, -0.2) is 0 Å². The molecule has 0 aromatic heterocycles. The molecule has 2 aromatic rings. The number of hydrazine groups is 1. The molecule has 0 atom stereocenters. The first-order chi connectivity index (χ1) is 13.3. The number of ether oxygens (including phenoxy) is 1. The van der Waals surface area contributed by atoms with Crippen LogP contribution < -0.4 is 15.6 Å². The van der Waals surface area contributed by atoms with Crippen LogP contribution in [0.4, 0.5) is 11.4 Å². The number of hydrogen-bond acceptors (Lipinski definition) is 7. The van der Waals surface area contributed by atoms with Crippen molar-refractivity contribution in [1.29, 1.82) is 0 Å². The van der Waals surface area contributed by atoms with E-state index in [2.05, 4.69) is 10.9 Å². The number of non-ortho nitro benzene ring substituents is 2. The van der Waals surface area contributed by atoms with Crippen LogP contribution in [0.3, 0.4) is 0 Å². The van der Waals surface area contributed by atoms with Crippen LogP contribution in [0.15, 0.2) is 42.5 Å². The van der Waals surface area contributed by atoms with Gasteiger partial charge in [-0.1, -0.05) is 19.1 Å². The number of rotatable bonds is 7. The third kappa shape index (κ3) is 5.00. The summed E-state index contributed by atoms with van der Waals surface area (Å²) in [6.45, 7) is 2.30. The van der Waals surface area contributed by atoms with Gasteiger partial charge in [0.15, 0.2) is 0 Å². The lowest BCUT2D eigenvalue weighted by Gasteiger charge is -2.11. The Bertz CT molecular complexity index is 897. The van der Waals surface area contributed by atoms with E-state index in [4.69, 9.17) is 4.74 Å². The number of amides is 2. The van der Waals surface area contributed by atoms with Crippen molar-refractivity contribution in [3.8, 4) is 5.75 Å². The minimum atomic E-state index is -0.952. The summed E-state index contributed by atoms with van der Waals surface area (Å²) in [5.74, 6) is -1.31. The van der Waals surface area contributed by atoms with Gasteiger partial charge < -0.3 is 4.74 Å². The fraction of sp³-hybridized carbons (Fsp3) is 0.176. The molecule has 0 radical (unpaired) electrons. The fourth-order valence-corrected chi connectivity index (χ4v) is 2.18. The topological polar surface area (TPSA) is 154 Å². The van der Waals surface area contributed by atoms with Gasteiger partial charge in [-0.2, -0.15) is 0 Å². The van der Waals surface area contributed by atoms with Crippen LogP contribution in [0.25, 0.3) is 0 Å². The minimum Gasteiger partial charge on any atom is -0.493 e. The highest BCUT2D eigenvalue weighted by Crippen LogP contribution is 2.22. The molecule has 2 amide bonds. The van der Waals surface area contributed by atoms with E-state index in [0.717, 1.165) is 24.6 Å². The van der Waals surface area contributed by atoms with E-state index in [1.165, 1.54) is 6.07 Å². The summed E-state index contributed by atoms with van der Waals surface area (Å²) in [6, 6.07) is 8.85. The van der Waals surface area contributed by atoms with E-state index in [1.54, 1.807) is 18.2 Å². The third-order valence-electron chi connectivity index (χ3n) is 3.47. The molecule has 28 heavy (non-hydrogen) atoms. The van der Waals surface area contributed by atoms with Crippen LogP contribution in [0.1, 0.15) is 34.1 Å². The molecule has 0 heterocycles. The van der Waals surface area contributed by atoms with Crippen molar-refractivity contribution in [2.24, 2.45) is 0 Å². The van der Waals surface area contributed by atoms with Gasteiger partial charge >= 0.3 is 0 Å². The van der Waals surface area contributed by atoms with Gasteiger partial charge in [0.25, 0.3) is 23.2 Å². The van der Waals surface area contributed by atoms with Crippen molar-refractivity contribution < 1.29 is 24.2 Å². The van der Waals surface area contributed by atoms with E-state index in [0.29, 0.717) is 12.4 Å². The van der Waals surface area contributed by atoms with Gasteiger partial charge in [-0.15, -0.1) is 0 Å². The number of nitrogens with zero attached hydrogens (tertiary/aromatic N) is 2. The average molecular weight is 388 g/mol. The zero-order valence-electron chi connectivity index (χ0n) is 14.7.